The van der Waals surface area contributed by atoms with Crippen LogP contribution in [0.1, 0.15) is 24.0 Å². The van der Waals surface area contributed by atoms with Gasteiger partial charge in [-0.15, -0.1) is 0 Å². The average Bonchev–Trinajstić information content (AvgIpc) is 3.24. The average molecular weight is 337 g/mol. The van der Waals surface area contributed by atoms with E-state index in [1.54, 1.807) is 21.8 Å². The molecule has 0 unspecified atom stereocenters. The fourth-order valence-corrected chi connectivity index (χ4v) is 3.58. The van der Waals surface area contributed by atoms with Crippen molar-refractivity contribution in [3.63, 3.8) is 0 Å². The van der Waals surface area contributed by atoms with Crippen LogP contribution in [0.3, 0.4) is 0 Å². The lowest BCUT2D eigenvalue weighted by molar-refractivity contribution is 0.320. The zero-order chi connectivity index (χ0) is 17.4. The van der Waals surface area contributed by atoms with Crippen LogP contribution in [-0.2, 0) is 6.54 Å². The lowest BCUT2D eigenvalue weighted by atomic mass is 10.1. The first-order valence-electron chi connectivity index (χ1n) is 8.86. The highest BCUT2D eigenvalue weighted by Crippen LogP contribution is 2.18. The summed E-state index contributed by atoms with van der Waals surface area (Å²) in [6.45, 7) is 7.96. The molecule has 130 valence electrons. The minimum absolute atomic E-state index is 0.0137. The first-order valence-corrected chi connectivity index (χ1v) is 8.86. The number of aryl methyl sites for hydroxylation is 2. The van der Waals surface area contributed by atoms with Crippen LogP contribution in [0, 0.1) is 13.8 Å². The second-order valence-electron chi connectivity index (χ2n) is 6.88. The molecule has 25 heavy (non-hydrogen) atoms. The number of hydrogen-bond acceptors (Lipinski definition) is 4. The molecule has 0 aliphatic carbocycles. The van der Waals surface area contributed by atoms with Crippen molar-refractivity contribution in [2.24, 2.45) is 0 Å². The van der Waals surface area contributed by atoms with E-state index >= 15 is 0 Å². The molecule has 0 bridgehead atoms. The maximum Gasteiger partial charge on any atom is 0.264 e. The highest BCUT2D eigenvalue weighted by Gasteiger charge is 2.15. The van der Waals surface area contributed by atoms with Crippen molar-refractivity contribution in [3.8, 4) is 5.69 Å². The fraction of sp³-hybridized carbons (Fsp3) is 0.421. The fourth-order valence-electron chi connectivity index (χ4n) is 3.58. The lowest BCUT2D eigenvalue weighted by Gasteiger charge is -2.15. The maximum absolute atomic E-state index is 12.8. The van der Waals surface area contributed by atoms with Crippen molar-refractivity contribution in [2.75, 3.05) is 19.6 Å². The second kappa shape index (κ2) is 6.44. The van der Waals surface area contributed by atoms with Crippen LogP contribution in [0.25, 0.3) is 16.7 Å². The Morgan fingerprint density at radius 1 is 1.12 bits per heavy atom. The molecular weight excluding hydrogens is 314 g/mol. The molecule has 1 aliphatic heterocycles. The maximum atomic E-state index is 12.8. The molecule has 3 heterocycles. The Labute approximate surface area is 146 Å². The van der Waals surface area contributed by atoms with Gasteiger partial charge < -0.3 is 4.90 Å². The molecule has 1 aliphatic rings. The number of nitrogens with zero attached hydrogens (tertiary/aromatic N) is 5. The van der Waals surface area contributed by atoms with Gasteiger partial charge in [0.1, 0.15) is 11.7 Å². The van der Waals surface area contributed by atoms with Gasteiger partial charge in [-0.25, -0.2) is 9.67 Å². The SMILES string of the molecule is Cc1ccc(-n2ncc3c(=O)n(CCN4CCCC4)cnc32)c(C)c1. The van der Waals surface area contributed by atoms with Gasteiger partial charge in [0.2, 0.25) is 0 Å². The smallest absolute Gasteiger partial charge is 0.264 e. The molecule has 6 nitrogen and oxygen atoms in total. The van der Waals surface area contributed by atoms with Crippen molar-refractivity contribution in [3.05, 3.63) is 52.2 Å². The van der Waals surface area contributed by atoms with Gasteiger partial charge in [-0.1, -0.05) is 17.7 Å². The van der Waals surface area contributed by atoms with E-state index in [0.717, 1.165) is 30.9 Å². The van der Waals surface area contributed by atoms with E-state index < -0.39 is 0 Å². The Morgan fingerprint density at radius 2 is 1.92 bits per heavy atom. The number of aromatic nitrogens is 4. The zero-order valence-electron chi connectivity index (χ0n) is 14.8. The minimum Gasteiger partial charge on any atom is -0.302 e. The van der Waals surface area contributed by atoms with Crippen molar-refractivity contribution >= 4 is 11.0 Å². The standard InChI is InChI=1S/C19H23N5O/c1-14-5-6-17(15(2)11-14)24-18-16(12-21-24)19(25)23(13-20-18)10-9-22-7-3-4-8-22/h5-6,11-13H,3-4,7-10H2,1-2H3. The van der Waals surface area contributed by atoms with Crippen LogP contribution in [0.15, 0.2) is 35.5 Å². The minimum atomic E-state index is -0.0137. The third-order valence-corrected chi connectivity index (χ3v) is 4.99. The molecule has 4 rings (SSSR count). The third-order valence-electron chi connectivity index (χ3n) is 4.99. The predicted molar refractivity (Wildman–Crippen MR) is 98.3 cm³/mol. The van der Waals surface area contributed by atoms with E-state index in [1.807, 2.05) is 19.1 Å². The van der Waals surface area contributed by atoms with Crippen LogP contribution in [0.4, 0.5) is 0 Å². The van der Waals surface area contributed by atoms with Crippen LogP contribution in [-0.4, -0.2) is 43.9 Å². The van der Waals surface area contributed by atoms with Gasteiger partial charge >= 0.3 is 0 Å². The summed E-state index contributed by atoms with van der Waals surface area (Å²) in [5.74, 6) is 0. The van der Waals surface area contributed by atoms with Gasteiger partial charge in [-0.05, 0) is 51.4 Å². The van der Waals surface area contributed by atoms with Gasteiger partial charge in [0.05, 0.1) is 11.9 Å². The van der Waals surface area contributed by atoms with Crippen molar-refractivity contribution in [1.29, 1.82) is 0 Å². The summed E-state index contributed by atoms with van der Waals surface area (Å²) in [6.07, 6.45) is 5.81. The molecule has 0 atom stereocenters. The molecule has 6 heteroatoms. The molecule has 1 aromatic carbocycles. The molecule has 3 aromatic rings. The quantitative estimate of drug-likeness (QED) is 0.733. The summed E-state index contributed by atoms with van der Waals surface area (Å²) >= 11 is 0. The molecule has 0 radical (unpaired) electrons. The number of fused-ring (bicyclic) bond motifs is 1. The number of likely N-dealkylation sites (tertiary alicyclic amines) is 1. The molecule has 1 fully saturated rings. The summed E-state index contributed by atoms with van der Waals surface area (Å²) < 4.78 is 3.46. The van der Waals surface area contributed by atoms with E-state index in [1.165, 1.54) is 18.4 Å². The molecule has 0 amide bonds. The number of rotatable bonds is 4. The summed E-state index contributed by atoms with van der Waals surface area (Å²) in [5, 5.41) is 5.00. The van der Waals surface area contributed by atoms with Crippen LogP contribution >= 0.6 is 0 Å². The van der Waals surface area contributed by atoms with Crippen molar-refractivity contribution in [2.45, 2.75) is 33.2 Å². The summed E-state index contributed by atoms with van der Waals surface area (Å²) in [5.41, 5.74) is 3.89. The monoisotopic (exact) mass is 337 g/mol. The predicted octanol–water partition coefficient (Wildman–Crippen LogP) is 2.29. The molecule has 0 N–H and O–H groups in total. The first kappa shape index (κ1) is 16.0. The Kier molecular flexibility index (Phi) is 4.13. The second-order valence-corrected chi connectivity index (χ2v) is 6.88. The van der Waals surface area contributed by atoms with Crippen LogP contribution in [0.5, 0.6) is 0 Å². The van der Waals surface area contributed by atoms with Gasteiger partial charge in [0.15, 0.2) is 5.65 Å². The van der Waals surface area contributed by atoms with Crippen molar-refractivity contribution in [1.82, 2.24) is 24.2 Å². The van der Waals surface area contributed by atoms with Gasteiger partial charge in [-0.2, -0.15) is 5.10 Å². The zero-order valence-corrected chi connectivity index (χ0v) is 14.8. The number of hydrogen-bond donors (Lipinski definition) is 0. The molecule has 0 saturated carbocycles. The summed E-state index contributed by atoms with van der Waals surface area (Å²) in [4.78, 5) is 19.7. The molecule has 2 aromatic heterocycles. The van der Waals surface area contributed by atoms with Crippen LogP contribution in [0.2, 0.25) is 0 Å². The topological polar surface area (TPSA) is 56.0 Å². The van der Waals surface area contributed by atoms with E-state index in [4.69, 9.17) is 0 Å². The van der Waals surface area contributed by atoms with E-state index in [2.05, 4.69) is 28.0 Å². The Balaban J connectivity index is 1.68. The summed E-state index contributed by atoms with van der Waals surface area (Å²) in [6, 6.07) is 6.19. The highest BCUT2D eigenvalue weighted by molar-refractivity contribution is 5.75. The lowest BCUT2D eigenvalue weighted by Crippen LogP contribution is -2.29. The molecule has 0 spiro atoms. The molecule has 1 saturated heterocycles. The third kappa shape index (κ3) is 2.98. The highest BCUT2D eigenvalue weighted by atomic mass is 16.1. The largest absolute Gasteiger partial charge is 0.302 e. The normalized spacial score (nSPS) is 15.3. The Morgan fingerprint density at radius 3 is 2.68 bits per heavy atom. The first-order chi connectivity index (χ1) is 12.1. The van der Waals surface area contributed by atoms with E-state index in [0.29, 0.717) is 17.6 Å². The van der Waals surface area contributed by atoms with Crippen LogP contribution < -0.4 is 5.56 Å². The van der Waals surface area contributed by atoms with Crippen molar-refractivity contribution < 1.29 is 0 Å². The Hall–Kier alpha value is -2.47. The van der Waals surface area contributed by atoms with E-state index in [-0.39, 0.29) is 5.56 Å². The van der Waals surface area contributed by atoms with Gasteiger partial charge in [0.25, 0.3) is 5.56 Å². The number of benzene rings is 1. The van der Waals surface area contributed by atoms with Gasteiger partial charge in [-0.3, -0.25) is 9.36 Å². The summed E-state index contributed by atoms with van der Waals surface area (Å²) in [7, 11) is 0. The molecular formula is C19H23N5O. The van der Waals surface area contributed by atoms with E-state index in [9.17, 15) is 4.79 Å². The van der Waals surface area contributed by atoms with Gasteiger partial charge in [0, 0.05) is 13.1 Å². The Bertz CT molecular complexity index is 966.